The number of rotatable bonds is 4. The summed E-state index contributed by atoms with van der Waals surface area (Å²) < 4.78 is 0. The Balaban J connectivity index is 1.76. The molecule has 0 aromatic rings. The van der Waals surface area contributed by atoms with Gasteiger partial charge in [-0.25, -0.2) is 0 Å². The van der Waals surface area contributed by atoms with E-state index in [1.807, 2.05) is 0 Å². The van der Waals surface area contributed by atoms with Crippen molar-refractivity contribution in [3.63, 3.8) is 0 Å². The molecule has 2 rings (SSSR count). The van der Waals surface area contributed by atoms with Crippen molar-refractivity contribution in [3.8, 4) is 0 Å². The second-order valence-electron chi connectivity index (χ2n) is 4.45. The summed E-state index contributed by atoms with van der Waals surface area (Å²) in [5, 5.41) is 3.51. The van der Waals surface area contributed by atoms with Gasteiger partial charge in [0.05, 0.1) is 0 Å². The monoisotopic (exact) mass is 183 g/mol. The zero-order valence-electron chi connectivity index (χ0n) is 8.50. The first-order chi connectivity index (χ1) is 6.31. The van der Waals surface area contributed by atoms with Crippen LogP contribution in [-0.2, 0) is 0 Å². The zero-order chi connectivity index (χ0) is 9.26. The van der Waals surface area contributed by atoms with Gasteiger partial charge in [0.25, 0.3) is 0 Å². The molecule has 2 unspecified atom stereocenters. The molecular formula is C10H21N3. The van der Waals surface area contributed by atoms with E-state index >= 15 is 0 Å². The van der Waals surface area contributed by atoms with E-state index in [1.165, 1.54) is 25.8 Å². The molecule has 1 aliphatic heterocycles. The van der Waals surface area contributed by atoms with E-state index in [1.54, 1.807) is 0 Å². The number of likely N-dealkylation sites (tertiary alicyclic amines) is 1. The third-order valence-electron chi connectivity index (χ3n) is 3.22. The summed E-state index contributed by atoms with van der Waals surface area (Å²) >= 11 is 0. The number of nitrogens with zero attached hydrogens (tertiary/aromatic N) is 1. The molecule has 2 aliphatic rings. The normalized spacial score (nSPS) is 35.5. The topological polar surface area (TPSA) is 41.3 Å². The summed E-state index contributed by atoms with van der Waals surface area (Å²) in [5.74, 6) is 0. The predicted octanol–water partition coefficient (Wildman–Crippen LogP) is 0.160. The van der Waals surface area contributed by atoms with E-state index in [4.69, 9.17) is 5.73 Å². The van der Waals surface area contributed by atoms with Crippen molar-refractivity contribution in [2.75, 3.05) is 19.6 Å². The lowest BCUT2D eigenvalue weighted by molar-refractivity contribution is 0.255. The summed E-state index contributed by atoms with van der Waals surface area (Å²) in [6.07, 6.45) is 4.15. The van der Waals surface area contributed by atoms with E-state index in [2.05, 4.69) is 17.1 Å². The van der Waals surface area contributed by atoms with Gasteiger partial charge in [-0.3, -0.25) is 4.90 Å². The molecular weight excluding hydrogens is 162 g/mol. The zero-order valence-corrected chi connectivity index (χ0v) is 8.50. The first-order valence-corrected chi connectivity index (χ1v) is 5.50. The van der Waals surface area contributed by atoms with Crippen molar-refractivity contribution in [1.82, 2.24) is 10.2 Å². The van der Waals surface area contributed by atoms with Gasteiger partial charge >= 0.3 is 0 Å². The fraction of sp³-hybridized carbons (Fsp3) is 1.00. The highest BCUT2D eigenvalue weighted by Crippen LogP contribution is 2.33. The molecule has 0 radical (unpaired) electrons. The van der Waals surface area contributed by atoms with Gasteiger partial charge in [0.2, 0.25) is 0 Å². The first-order valence-electron chi connectivity index (χ1n) is 5.50. The molecule has 3 N–H and O–H groups in total. The van der Waals surface area contributed by atoms with Crippen LogP contribution in [0.15, 0.2) is 0 Å². The van der Waals surface area contributed by atoms with Crippen LogP contribution >= 0.6 is 0 Å². The maximum atomic E-state index is 5.47. The van der Waals surface area contributed by atoms with E-state index in [0.717, 1.165) is 25.2 Å². The van der Waals surface area contributed by atoms with Gasteiger partial charge in [0.1, 0.15) is 0 Å². The van der Waals surface area contributed by atoms with Crippen LogP contribution in [0.25, 0.3) is 0 Å². The molecule has 0 bridgehead atoms. The van der Waals surface area contributed by atoms with Crippen LogP contribution in [0.1, 0.15) is 26.2 Å². The fourth-order valence-electron chi connectivity index (χ4n) is 2.41. The molecule has 0 aromatic heterocycles. The van der Waals surface area contributed by atoms with Crippen LogP contribution in [0.4, 0.5) is 0 Å². The van der Waals surface area contributed by atoms with Crippen molar-refractivity contribution in [2.45, 2.75) is 44.3 Å². The Morgan fingerprint density at radius 3 is 2.85 bits per heavy atom. The second-order valence-corrected chi connectivity index (χ2v) is 4.45. The standard InChI is InChI=1S/C10H21N3/c1-8-6-9(12-5-4-11)7-13(8)10-2-3-10/h8-10,12H,2-7,11H2,1H3. The van der Waals surface area contributed by atoms with Gasteiger partial charge < -0.3 is 11.1 Å². The Bertz CT molecular complexity index is 168. The Morgan fingerprint density at radius 2 is 2.23 bits per heavy atom. The van der Waals surface area contributed by atoms with Crippen LogP contribution in [0, 0.1) is 0 Å². The highest BCUT2D eigenvalue weighted by atomic mass is 15.3. The van der Waals surface area contributed by atoms with Crippen LogP contribution in [-0.4, -0.2) is 42.7 Å². The summed E-state index contributed by atoms with van der Waals surface area (Å²) in [5.41, 5.74) is 5.47. The molecule has 0 aromatic carbocycles. The smallest absolute Gasteiger partial charge is 0.0210 e. The molecule has 13 heavy (non-hydrogen) atoms. The maximum absolute atomic E-state index is 5.47. The summed E-state index contributed by atoms with van der Waals surface area (Å²) in [6, 6.07) is 2.39. The molecule has 0 spiro atoms. The largest absolute Gasteiger partial charge is 0.329 e. The van der Waals surface area contributed by atoms with Gasteiger partial charge in [-0.05, 0) is 26.2 Å². The SMILES string of the molecule is CC1CC(NCCN)CN1C1CC1. The minimum absolute atomic E-state index is 0.694. The Kier molecular flexibility index (Phi) is 2.86. The summed E-state index contributed by atoms with van der Waals surface area (Å²) in [6.45, 7) is 5.32. The third kappa shape index (κ3) is 2.22. The van der Waals surface area contributed by atoms with Crippen molar-refractivity contribution in [2.24, 2.45) is 5.73 Å². The lowest BCUT2D eigenvalue weighted by atomic mass is 10.2. The average molecular weight is 183 g/mol. The number of nitrogens with one attached hydrogen (secondary N) is 1. The first kappa shape index (κ1) is 9.44. The number of nitrogens with two attached hydrogens (primary N) is 1. The maximum Gasteiger partial charge on any atom is 0.0210 e. The summed E-state index contributed by atoms with van der Waals surface area (Å²) in [4.78, 5) is 2.66. The van der Waals surface area contributed by atoms with E-state index < -0.39 is 0 Å². The molecule has 76 valence electrons. The predicted molar refractivity (Wildman–Crippen MR) is 54.7 cm³/mol. The molecule has 2 atom stereocenters. The van der Waals surface area contributed by atoms with Gasteiger partial charge in [0, 0.05) is 37.8 Å². The fourth-order valence-corrected chi connectivity index (χ4v) is 2.41. The third-order valence-corrected chi connectivity index (χ3v) is 3.22. The molecule has 0 amide bonds. The van der Waals surface area contributed by atoms with Gasteiger partial charge in [-0.1, -0.05) is 0 Å². The van der Waals surface area contributed by atoms with Crippen LogP contribution in [0.3, 0.4) is 0 Å². The lowest BCUT2D eigenvalue weighted by Gasteiger charge is -2.19. The van der Waals surface area contributed by atoms with Gasteiger partial charge in [-0.15, -0.1) is 0 Å². The average Bonchev–Trinajstić information content (AvgIpc) is 2.88. The minimum atomic E-state index is 0.694. The Hall–Kier alpha value is -0.120. The van der Waals surface area contributed by atoms with Crippen molar-refractivity contribution < 1.29 is 0 Å². The van der Waals surface area contributed by atoms with Crippen LogP contribution < -0.4 is 11.1 Å². The van der Waals surface area contributed by atoms with Gasteiger partial charge in [-0.2, -0.15) is 0 Å². The molecule has 2 fully saturated rings. The molecule has 1 saturated heterocycles. The summed E-state index contributed by atoms with van der Waals surface area (Å²) in [7, 11) is 0. The minimum Gasteiger partial charge on any atom is -0.329 e. The Labute approximate surface area is 80.7 Å². The number of hydrogen-bond donors (Lipinski definition) is 2. The molecule has 1 heterocycles. The molecule has 1 aliphatic carbocycles. The molecule has 3 heteroatoms. The van der Waals surface area contributed by atoms with Crippen molar-refractivity contribution in [3.05, 3.63) is 0 Å². The van der Waals surface area contributed by atoms with E-state index in [9.17, 15) is 0 Å². The van der Waals surface area contributed by atoms with E-state index in [0.29, 0.717) is 6.04 Å². The number of hydrogen-bond acceptors (Lipinski definition) is 3. The van der Waals surface area contributed by atoms with Crippen LogP contribution in [0.5, 0.6) is 0 Å². The second kappa shape index (κ2) is 3.95. The highest BCUT2D eigenvalue weighted by Gasteiger charge is 2.38. The molecule has 3 nitrogen and oxygen atoms in total. The van der Waals surface area contributed by atoms with Crippen LogP contribution in [0.2, 0.25) is 0 Å². The highest BCUT2D eigenvalue weighted by molar-refractivity contribution is 4.95. The van der Waals surface area contributed by atoms with Crippen molar-refractivity contribution >= 4 is 0 Å². The van der Waals surface area contributed by atoms with E-state index in [-0.39, 0.29) is 0 Å². The lowest BCUT2D eigenvalue weighted by Crippen LogP contribution is -2.36. The van der Waals surface area contributed by atoms with Crippen molar-refractivity contribution in [1.29, 1.82) is 0 Å². The Morgan fingerprint density at radius 1 is 1.46 bits per heavy atom. The quantitative estimate of drug-likeness (QED) is 0.652. The molecule has 1 saturated carbocycles. The van der Waals surface area contributed by atoms with Gasteiger partial charge in [0.15, 0.2) is 0 Å².